The number of nitrogens with two attached hydrogens (primary N) is 1. The summed E-state index contributed by atoms with van der Waals surface area (Å²) in [6, 6.07) is 1.35. The van der Waals surface area contributed by atoms with Crippen LogP contribution in [0.2, 0.25) is 0 Å². The first kappa shape index (κ1) is 15.2. The van der Waals surface area contributed by atoms with Crippen molar-refractivity contribution in [2.24, 2.45) is 5.92 Å². The lowest BCUT2D eigenvalue weighted by atomic mass is 9.86. The second-order valence-electron chi connectivity index (χ2n) is 5.73. The number of anilines is 1. The Balaban J connectivity index is 2.22. The van der Waals surface area contributed by atoms with Gasteiger partial charge in [0.2, 0.25) is 0 Å². The first-order chi connectivity index (χ1) is 9.90. The summed E-state index contributed by atoms with van der Waals surface area (Å²) in [6.07, 6.45) is 5.24. The Kier molecular flexibility index (Phi) is 4.40. The van der Waals surface area contributed by atoms with E-state index >= 15 is 0 Å². The van der Waals surface area contributed by atoms with Gasteiger partial charge < -0.3 is 10.6 Å². The summed E-state index contributed by atoms with van der Waals surface area (Å²) in [7, 11) is 1.73. The van der Waals surface area contributed by atoms with Crippen LogP contribution < -0.4 is 5.73 Å². The Morgan fingerprint density at radius 2 is 2.24 bits per heavy atom. The molecule has 2 atom stereocenters. The second-order valence-corrected chi connectivity index (χ2v) is 5.73. The minimum Gasteiger partial charge on any atom is -0.383 e. The van der Waals surface area contributed by atoms with Gasteiger partial charge in [0.1, 0.15) is 12.0 Å². The van der Waals surface area contributed by atoms with Crippen LogP contribution in [0.15, 0.2) is 12.3 Å². The van der Waals surface area contributed by atoms with Gasteiger partial charge in [0, 0.05) is 19.2 Å². The monoisotopic (exact) mass is 292 g/mol. The van der Waals surface area contributed by atoms with Gasteiger partial charge in [-0.05, 0) is 18.8 Å². The van der Waals surface area contributed by atoms with Gasteiger partial charge in [-0.1, -0.05) is 19.8 Å². The highest BCUT2D eigenvalue weighted by atomic mass is 16.6. The second kappa shape index (κ2) is 6.07. The van der Waals surface area contributed by atoms with Crippen molar-refractivity contribution in [1.29, 1.82) is 0 Å². The van der Waals surface area contributed by atoms with Gasteiger partial charge in [0.25, 0.3) is 11.6 Å². The molecule has 1 aromatic heterocycles. The van der Waals surface area contributed by atoms with E-state index in [4.69, 9.17) is 5.73 Å². The zero-order valence-electron chi connectivity index (χ0n) is 12.3. The summed E-state index contributed by atoms with van der Waals surface area (Å²) < 4.78 is 0. The number of hydrogen-bond acceptors (Lipinski definition) is 5. The summed E-state index contributed by atoms with van der Waals surface area (Å²) in [5.41, 5.74) is 5.58. The third-order valence-electron chi connectivity index (χ3n) is 4.12. The summed E-state index contributed by atoms with van der Waals surface area (Å²) in [5, 5.41) is 10.8. The molecule has 21 heavy (non-hydrogen) atoms. The molecule has 2 unspecified atom stereocenters. The predicted octanol–water partition coefficient (Wildman–Crippen LogP) is 2.22. The largest absolute Gasteiger partial charge is 0.383 e. The number of rotatable bonds is 3. The van der Waals surface area contributed by atoms with Crippen LogP contribution in [-0.4, -0.2) is 33.8 Å². The van der Waals surface area contributed by atoms with E-state index < -0.39 is 4.92 Å². The number of nitro groups is 1. The quantitative estimate of drug-likeness (QED) is 0.679. The molecule has 2 rings (SSSR count). The Labute approximate surface area is 123 Å². The zero-order chi connectivity index (χ0) is 15.6. The molecular weight excluding hydrogens is 272 g/mol. The van der Waals surface area contributed by atoms with Crippen molar-refractivity contribution in [2.75, 3.05) is 12.8 Å². The lowest BCUT2D eigenvalue weighted by Gasteiger charge is -2.34. The number of carbonyl (C=O) groups is 1. The molecule has 1 aromatic rings. The molecule has 0 aliphatic heterocycles. The molecule has 2 N–H and O–H groups in total. The molecule has 1 aliphatic rings. The van der Waals surface area contributed by atoms with Crippen LogP contribution >= 0.6 is 0 Å². The third-order valence-corrected chi connectivity index (χ3v) is 4.12. The average molecular weight is 292 g/mol. The fourth-order valence-corrected chi connectivity index (χ4v) is 2.85. The number of amides is 1. The molecule has 7 heteroatoms. The summed E-state index contributed by atoms with van der Waals surface area (Å²) in [6.45, 7) is 2.17. The number of nitrogens with zero attached hydrogens (tertiary/aromatic N) is 3. The molecule has 1 aliphatic carbocycles. The summed E-state index contributed by atoms with van der Waals surface area (Å²) >= 11 is 0. The molecule has 0 saturated heterocycles. The van der Waals surface area contributed by atoms with Gasteiger partial charge >= 0.3 is 0 Å². The number of aromatic nitrogens is 1. The standard InChI is InChI=1S/C14H20N4O3/c1-9-4-3-5-10(6-9)17(2)14(19)12-7-11(18(20)21)8-16-13(12)15/h7-10H,3-6H2,1-2H3,(H2,15,16). The van der Waals surface area contributed by atoms with Crippen LogP contribution in [0.4, 0.5) is 11.5 Å². The first-order valence-corrected chi connectivity index (χ1v) is 7.07. The predicted molar refractivity (Wildman–Crippen MR) is 78.8 cm³/mol. The third kappa shape index (κ3) is 3.29. The van der Waals surface area contributed by atoms with Crippen molar-refractivity contribution in [3.63, 3.8) is 0 Å². The Morgan fingerprint density at radius 1 is 1.52 bits per heavy atom. The van der Waals surface area contributed by atoms with Crippen molar-refractivity contribution in [3.05, 3.63) is 27.9 Å². The minimum absolute atomic E-state index is 0.0290. The topological polar surface area (TPSA) is 102 Å². The SMILES string of the molecule is CC1CCCC(N(C)C(=O)c2cc([N+](=O)[O-])cnc2N)C1. The van der Waals surface area contributed by atoms with Crippen molar-refractivity contribution in [1.82, 2.24) is 9.88 Å². The van der Waals surface area contributed by atoms with E-state index in [-0.39, 0.29) is 29.0 Å². The van der Waals surface area contributed by atoms with Crippen molar-refractivity contribution >= 4 is 17.4 Å². The van der Waals surface area contributed by atoms with Gasteiger partial charge in [0.15, 0.2) is 0 Å². The van der Waals surface area contributed by atoms with Gasteiger partial charge in [-0.2, -0.15) is 0 Å². The van der Waals surface area contributed by atoms with Crippen LogP contribution in [0.1, 0.15) is 43.0 Å². The first-order valence-electron chi connectivity index (χ1n) is 7.07. The van der Waals surface area contributed by atoms with Crippen LogP contribution in [-0.2, 0) is 0 Å². The van der Waals surface area contributed by atoms with E-state index in [2.05, 4.69) is 11.9 Å². The molecule has 1 amide bonds. The fourth-order valence-electron chi connectivity index (χ4n) is 2.85. The molecule has 0 spiro atoms. The van der Waals surface area contributed by atoms with E-state index in [9.17, 15) is 14.9 Å². The van der Waals surface area contributed by atoms with E-state index in [0.717, 1.165) is 25.5 Å². The van der Waals surface area contributed by atoms with Crippen LogP contribution in [0.25, 0.3) is 0 Å². The van der Waals surface area contributed by atoms with Gasteiger partial charge in [-0.25, -0.2) is 4.98 Å². The molecule has 1 fully saturated rings. The van der Waals surface area contributed by atoms with Crippen molar-refractivity contribution in [3.8, 4) is 0 Å². The molecule has 1 saturated carbocycles. The normalized spacial score (nSPS) is 21.8. The number of carbonyl (C=O) groups excluding carboxylic acids is 1. The van der Waals surface area contributed by atoms with Crippen molar-refractivity contribution < 1.29 is 9.72 Å². The molecule has 7 nitrogen and oxygen atoms in total. The van der Waals surface area contributed by atoms with Gasteiger partial charge in [-0.3, -0.25) is 14.9 Å². The highest BCUT2D eigenvalue weighted by molar-refractivity contribution is 5.98. The van der Waals surface area contributed by atoms with Crippen LogP contribution in [0.3, 0.4) is 0 Å². The molecule has 0 radical (unpaired) electrons. The van der Waals surface area contributed by atoms with E-state index in [1.807, 2.05) is 0 Å². The summed E-state index contributed by atoms with van der Waals surface area (Å²) in [4.78, 5) is 28.2. The molecule has 1 heterocycles. The maximum Gasteiger partial charge on any atom is 0.288 e. The Hall–Kier alpha value is -2.18. The fraction of sp³-hybridized carbons (Fsp3) is 0.571. The minimum atomic E-state index is -0.577. The van der Waals surface area contributed by atoms with Crippen LogP contribution in [0, 0.1) is 16.0 Å². The molecule has 0 aromatic carbocycles. The van der Waals surface area contributed by atoms with Crippen LogP contribution in [0.5, 0.6) is 0 Å². The number of hydrogen-bond donors (Lipinski definition) is 1. The number of nitrogen functional groups attached to an aromatic ring is 1. The maximum atomic E-state index is 12.5. The average Bonchev–Trinajstić information content (AvgIpc) is 2.46. The van der Waals surface area contributed by atoms with Gasteiger partial charge in [-0.15, -0.1) is 0 Å². The molecule has 114 valence electrons. The lowest BCUT2D eigenvalue weighted by Crippen LogP contribution is -2.40. The smallest absolute Gasteiger partial charge is 0.288 e. The van der Waals surface area contributed by atoms with E-state index in [1.165, 1.54) is 12.5 Å². The highest BCUT2D eigenvalue weighted by Crippen LogP contribution is 2.28. The van der Waals surface area contributed by atoms with Crippen molar-refractivity contribution in [2.45, 2.75) is 38.6 Å². The lowest BCUT2D eigenvalue weighted by molar-refractivity contribution is -0.385. The van der Waals surface area contributed by atoms with E-state index in [0.29, 0.717) is 5.92 Å². The molecular formula is C14H20N4O3. The van der Waals surface area contributed by atoms with E-state index in [1.54, 1.807) is 11.9 Å². The highest BCUT2D eigenvalue weighted by Gasteiger charge is 2.28. The molecule has 0 bridgehead atoms. The van der Waals surface area contributed by atoms with Gasteiger partial charge in [0.05, 0.1) is 10.5 Å². The maximum absolute atomic E-state index is 12.5. The number of pyridine rings is 1. The Morgan fingerprint density at radius 3 is 2.86 bits per heavy atom. The Bertz CT molecular complexity index is 561. The summed E-state index contributed by atoms with van der Waals surface area (Å²) in [5.74, 6) is 0.309. The zero-order valence-corrected chi connectivity index (χ0v) is 12.3.